The van der Waals surface area contributed by atoms with Gasteiger partial charge in [-0.15, -0.1) is 11.3 Å². The summed E-state index contributed by atoms with van der Waals surface area (Å²) in [7, 11) is 0. The standard InChI is InChI=1S/C15H15NS/c16-10-4-6-11-5-3-8-13-12-7-1-2-9-14(12)17-15(11)13/h1-3,5,7-9H,4,6,10,16H2. The average Bonchev–Trinajstić information content (AvgIpc) is 2.75. The van der Waals surface area contributed by atoms with E-state index < -0.39 is 0 Å². The highest BCUT2D eigenvalue weighted by molar-refractivity contribution is 7.26. The number of thiophene rings is 1. The van der Waals surface area contributed by atoms with Crippen LogP contribution in [0.15, 0.2) is 42.5 Å². The lowest BCUT2D eigenvalue weighted by Crippen LogP contribution is -2.00. The minimum absolute atomic E-state index is 0.765. The summed E-state index contributed by atoms with van der Waals surface area (Å²) in [6, 6.07) is 15.2. The molecule has 2 N–H and O–H groups in total. The van der Waals surface area contributed by atoms with Crippen LogP contribution in [0.2, 0.25) is 0 Å². The van der Waals surface area contributed by atoms with Crippen LogP contribution >= 0.6 is 11.3 Å². The normalized spacial score (nSPS) is 11.4. The van der Waals surface area contributed by atoms with Crippen molar-refractivity contribution in [3.8, 4) is 0 Å². The zero-order valence-corrected chi connectivity index (χ0v) is 10.5. The number of hydrogen-bond acceptors (Lipinski definition) is 2. The number of hydrogen-bond donors (Lipinski definition) is 1. The summed E-state index contributed by atoms with van der Waals surface area (Å²) in [5.41, 5.74) is 7.04. The summed E-state index contributed by atoms with van der Waals surface area (Å²) < 4.78 is 2.81. The average molecular weight is 241 g/mol. The molecule has 0 atom stereocenters. The molecule has 0 unspecified atom stereocenters. The van der Waals surface area contributed by atoms with Gasteiger partial charge in [-0.25, -0.2) is 0 Å². The van der Waals surface area contributed by atoms with Gasteiger partial charge in [-0.1, -0.05) is 36.4 Å². The summed E-state index contributed by atoms with van der Waals surface area (Å²) in [4.78, 5) is 0. The van der Waals surface area contributed by atoms with E-state index in [4.69, 9.17) is 5.73 Å². The number of benzene rings is 2. The van der Waals surface area contributed by atoms with Crippen molar-refractivity contribution in [1.82, 2.24) is 0 Å². The van der Waals surface area contributed by atoms with E-state index >= 15 is 0 Å². The lowest BCUT2D eigenvalue weighted by molar-refractivity contribution is 0.838. The molecule has 86 valence electrons. The van der Waals surface area contributed by atoms with E-state index in [0.29, 0.717) is 0 Å². The smallest absolute Gasteiger partial charge is 0.0387 e. The highest BCUT2D eigenvalue weighted by Crippen LogP contribution is 2.35. The predicted octanol–water partition coefficient (Wildman–Crippen LogP) is 3.95. The van der Waals surface area contributed by atoms with E-state index in [0.717, 1.165) is 19.4 Å². The van der Waals surface area contributed by atoms with Gasteiger partial charge in [0, 0.05) is 20.2 Å². The van der Waals surface area contributed by atoms with Gasteiger partial charge in [-0.3, -0.25) is 0 Å². The third-order valence-electron chi connectivity index (χ3n) is 3.14. The second kappa shape index (κ2) is 4.47. The highest BCUT2D eigenvalue weighted by atomic mass is 32.1. The van der Waals surface area contributed by atoms with Crippen molar-refractivity contribution in [3.63, 3.8) is 0 Å². The molecule has 2 aromatic carbocycles. The van der Waals surface area contributed by atoms with Crippen molar-refractivity contribution in [2.75, 3.05) is 6.54 Å². The topological polar surface area (TPSA) is 26.0 Å². The second-order valence-corrected chi connectivity index (χ2v) is 5.34. The van der Waals surface area contributed by atoms with Gasteiger partial charge in [0.1, 0.15) is 0 Å². The van der Waals surface area contributed by atoms with Crippen molar-refractivity contribution in [2.24, 2.45) is 5.73 Å². The maximum atomic E-state index is 5.60. The Bertz CT molecular complexity index is 654. The Morgan fingerprint density at radius 1 is 0.941 bits per heavy atom. The first-order valence-electron chi connectivity index (χ1n) is 5.99. The Kier molecular flexibility index (Phi) is 2.83. The molecule has 0 bridgehead atoms. The van der Waals surface area contributed by atoms with Crippen molar-refractivity contribution in [2.45, 2.75) is 12.8 Å². The number of aryl methyl sites for hydroxylation is 1. The first-order chi connectivity index (χ1) is 8.40. The fourth-order valence-corrected chi connectivity index (χ4v) is 3.54. The number of nitrogens with two attached hydrogens (primary N) is 1. The van der Waals surface area contributed by atoms with E-state index in [2.05, 4.69) is 42.5 Å². The summed E-state index contributed by atoms with van der Waals surface area (Å²) in [5, 5.41) is 2.77. The van der Waals surface area contributed by atoms with E-state index in [-0.39, 0.29) is 0 Å². The van der Waals surface area contributed by atoms with Gasteiger partial charge >= 0.3 is 0 Å². The Balaban J connectivity index is 2.24. The molecule has 0 spiro atoms. The summed E-state index contributed by atoms with van der Waals surface area (Å²) >= 11 is 1.90. The largest absolute Gasteiger partial charge is 0.330 e. The summed E-state index contributed by atoms with van der Waals surface area (Å²) in [6.07, 6.45) is 2.15. The molecule has 1 heterocycles. The quantitative estimate of drug-likeness (QED) is 0.738. The molecule has 0 aliphatic rings. The molecule has 0 saturated carbocycles. The first kappa shape index (κ1) is 10.8. The maximum absolute atomic E-state index is 5.60. The Morgan fingerprint density at radius 2 is 1.76 bits per heavy atom. The van der Waals surface area contributed by atoms with Crippen LogP contribution in [-0.2, 0) is 6.42 Å². The van der Waals surface area contributed by atoms with Gasteiger partial charge in [0.05, 0.1) is 0 Å². The molecule has 2 heteroatoms. The van der Waals surface area contributed by atoms with E-state index in [1.807, 2.05) is 11.3 Å². The molecule has 1 nitrogen and oxygen atoms in total. The molecule has 3 aromatic rings. The minimum atomic E-state index is 0.765. The van der Waals surface area contributed by atoms with Crippen molar-refractivity contribution in [1.29, 1.82) is 0 Å². The fourth-order valence-electron chi connectivity index (χ4n) is 2.29. The SMILES string of the molecule is NCCCc1cccc2c1sc1ccccc12. The van der Waals surface area contributed by atoms with Crippen LogP contribution in [0.4, 0.5) is 0 Å². The first-order valence-corrected chi connectivity index (χ1v) is 6.81. The summed E-state index contributed by atoms with van der Waals surface area (Å²) in [5.74, 6) is 0. The van der Waals surface area contributed by atoms with E-state index in [1.165, 1.54) is 25.7 Å². The van der Waals surface area contributed by atoms with Gasteiger partial charge < -0.3 is 5.73 Å². The number of rotatable bonds is 3. The zero-order valence-electron chi connectivity index (χ0n) is 9.65. The monoisotopic (exact) mass is 241 g/mol. The van der Waals surface area contributed by atoms with Gasteiger partial charge in [0.25, 0.3) is 0 Å². The van der Waals surface area contributed by atoms with Crippen LogP contribution in [0.1, 0.15) is 12.0 Å². The van der Waals surface area contributed by atoms with E-state index in [9.17, 15) is 0 Å². The molecule has 0 fully saturated rings. The molecule has 0 aliphatic heterocycles. The summed E-state index contributed by atoms with van der Waals surface area (Å²) in [6.45, 7) is 0.765. The maximum Gasteiger partial charge on any atom is 0.0387 e. The van der Waals surface area contributed by atoms with E-state index in [1.54, 1.807) is 0 Å². The molecule has 0 saturated heterocycles. The Morgan fingerprint density at radius 3 is 2.65 bits per heavy atom. The second-order valence-electron chi connectivity index (χ2n) is 4.28. The fraction of sp³-hybridized carbons (Fsp3) is 0.200. The lowest BCUT2D eigenvalue weighted by atomic mass is 10.1. The predicted molar refractivity (Wildman–Crippen MR) is 76.7 cm³/mol. The molecular weight excluding hydrogens is 226 g/mol. The van der Waals surface area contributed by atoms with Gasteiger partial charge in [-0.2, -0.15) is 0 Å². The zero-order chi connectivity index (χ0) is 11.7. The van der Waals surface area contributed by atoms with Crippen molar-refractivity contribution < 1.29 is 0 Å². The minimum Gasteiger partial charge on any atom is -0.330 e. The van der Waals surface area contributed by atoms with Crippen molar-refractivity contribution >= 4 is 31.5 Å². The van der Waals surface area contributed by atoms with Crippen LogP contribution in [-0.4, -0.2) is 6.54 Å². The highest BCUT2D eigenvalue weighted by Gasteiger charge is 2.07. The molecule has 0 aliphatic carbocycles. The Labute approximate surface area is 105 Å². The van der Waals surface area contributed by atoms with Crippen LogP contribution in [0, 0.1) is 0 Å². The van der Waals surface area contributed by atoms with Gasteiger partial charge in [0.15, 0.2) is 0 Å². The molecular formula is C15H15NS. The molecule has 0 radical (unpaired) electrons. The third kappa shape index (κ3) is 1.84. The van der Waals surface area contributed by atoms with Crippen LogP contribution in [0.5, 0.6) is 0 Å². The van der Waals surface area contributed by atoms with Crippen LogP contribution in [0.3, 0.4) is 0 Å². The van der Waals surface area contributed by atoms with Gasteiger partial charge in [-0.05, 0) is 31.0 Å². The van der Waals surface area contributed by atoms with Crippen LogP contribution < -0.4 is 5.73 Å². The van der Waals surface area contributed by atoms with Crippen molar-refractivity contribution in [3.05, 3.63) is 48.0 Å². The molecule has 3 rings (SSSR count). The van der Waals surface area contributed by atoms with Gasteiger partial charge in [0.2, 0.25) is 0 Å². The lowest BCUT2D eigenvalue weighted by Gasteiger charge is -2.01. The Hall–Kier alpha value is -1.38. The molecule has 0 amide bonds. The number of fused-ring (bicyclic) bond motifs is 3. The molecule has 1 aromatic heterocycles. The van der Waals surface area contributed by atoms with Crippen LogP contribution in [0.25, 0.3) is 20.2 Å². The molecule has 17 heavy (non-hydrogen) atoms. The third-order valence-corrected chi connectivity index (χ3v) is 4.40.